The molecule has 1 heterocycles. The van der Waals surface area contributed by atoms with Crippen molar-refractivity contribution >= 4 is 11.4 Å². The molecule has 0 spiro atoms. The highest BCUT2D eigenvalue weighted by Crippen LogP contribution is 2.33. The summed E-state index contributed by atoms with van der Waals surface area (Å²) in [5.41, 5.74) is 6.20. The molecule has 0 saturated carbocycles. The van der Waals surface area contributed by atoms with Gasteiger partial charge in [-0.1, -0.05) is 19.9 Å². The predicted octanol–water partition coefficient (Wildman–Crippen LogP) is 2.36. The Labute approximate surface area is 90.9 Å². The van der Waals surface area contributed by atoms with Gasteiger partial charge in [-0.05, 0) is 12.1 Å². The zero-order valence-corrected chi connectivity index (χ0v) is 9.20. The van der Waals surface area contributed by atoms with E-state index in [1.807, 2.05) is 29.4 Å². The molecule has 15 heavy (non-hydrogen) atoms. The number of nitrogens with one attached hydrogen (secondary N) is 1. The van der Waals surface area contributed by atoms with Gasteiger partial charge in [0.2, 0.25) is 0 Å². The molecule has 1 aromatic carbocycles. The Balaban J connectivity index is 2.27. The minimum Gasteiger partial charge on any atom is -0.261 e. The van der Waals surface area contributed by atoms with Gasteiger partial charge in [0.25, 0.3) is 5.70 Å². The first-order valence-corrected chi connectivity index (χ1v) is 5.31. The van der Waals surface area contributed by atoms with Crippen LogP contribution in [0.3, 0.4) is 0 Å². The van der Waals surface area contributed by atoms with Crippen LogP contribution in [0.1, 0.15) is 19.4 Å². The number of benzene rings is 1. The highest BCUT2D eigenvalue weighted by atomic mass is 15.8. The molecule has 3 nitrogen and oxygen atoms in total. The number of para-hydroxylation sites is 1. The highest BCUT2D eigenvalue weighted by molar-refractivity contribution is 5.78. The summed E-state index contributed by atoms with van der Waals surface area (Å²) in [5.74, 6) is 0. The molecule has 1 aliphatic heterocycles. The van der Waals surface area contributed by atoms with Crippen LogP contribution < -0.4 is 5.43 Å². The predicted molar refractivity (Wildman–Crippen MR) is 62.5 cm³/mol. The standard InChI is InChI=1S/C12H16N3/c1-4-14(5-2)15-10(3)11-8-6-7-9-12(11)13-15/h3,6-9,13H,4-5H2,1-2H3/q+1. The lowest BCUT2D eigenvalue weighted by Crippen LogP contribution is -2.41. The van der Waals surface area contributed by atoms with Gasteiger partial charge in [-0.15, -0.1) is 0 Å². The van der Waals surface area contributed by atoms with Crippen LogP contribution in [0.4, 0.5) is 5.69 Å². The molecule has 0 atom stereocenters. The third kappa shape index (κ3) is 1.56. The number of anilines is 1. The Hall–Kier alpha value is -1.57. The SMILES string of the molecule is [CH+]=C1c2ccccc2NN1N(CC)CC. The molecule has 0 aliphatic carbocycles. The lowest BCUT2D eigenvalue weighted by atomic mass is 10.1. The van der Waals surface area contributed by atoms with Crippen LogP contribution in [-0.4, -0.2) is 23.2 Å². The summed E-state index contributed by atoms with van der Waals surface area (Å²) in [5, 5.41) is 4.07. The smallest absolute Gasteiger partial charge is 0.261 e. The third-order valence-corrected chi connectivity index (χ3v) is 2.67. The number of hydrazine groups is 2. The van der Waals surface area contributed by atoms with Gasteiger partial charge in [-0.25, -0.2) is 0 Å². The van der Waals surface area contributed by atoms with Gasteiger partial charge >= 0.3 is 0 Å². The summed E-state index contributed by atoms with van der Waals surface area (Å²) < 4.78 is 0. The topological polar surface area (TPSA) is 18.5 Å². The minimum atomic E-state index is 0.773. The Bertz CT molecular complexity index is 369. The zero-order valence-electron chi connectivity index (χ0n) is 9.20. The number of hydrogen-bond donors (Lipinski definition) is 1. The molecule has 0 radical (unpaired) electrons. The second-order valence-electron chi connectivity index (χ2n) is 3.49. The van der Waals surface area contributed by atoms with Gasteiger partial charge in [-0.3, -0.25) is 5.43 Å². The van der Waals surface area contributed by atoms with Crippen LogP contribution in [-0.2, 0) is 0 Å². The van der Waals surface area contributed by atoms with Crippen molar-refractivity contribution in [2.24, 2.45) is 0 Å². The van der Waals surface area contributed by atoms with E-state index in [-0.39, 0.29) is 0 Å². The van der Waals surface area contributed by atoms with E-state index in [1.165, 1.54) is 0 Å². The first-order valence-electron chi connectivity index (χ1n) is 5.31. The first kappa shape index (κ1) is 9.97. The summed E-state index contributed by atoms with van der Waals surface area (Å²) in [4.78, 5) is 0. The van der Waals surface area contributed by atoms with Gasteiger partial charge in [0.05, 0.1) is 6.58 Å². The molecule has 0 amide bonds. The zero-order chi connectivity index (χ0) is 10.8. The lowest BCUT2D eigenvalue weighted by Gasteiger charge is -2.27. The van der Waals surface area contributed by atoms with Crippen LogP contribution in [0, 0.1) is 6.58 Å². The fraction of sp³-hybridized carbons (Fsp3) is 0.333. The number of hydrogen-bond acceptors (Lipinski definition) is 3. The molecule has 2 rings (SSSR count). The van der Waals surface area contributed by atoms with E-state index in [1.54, 1.807) is 0 Å². The summed E-state index contributed by atoms with van der Waals surface area (Å²) in [6.45, 7) is 12.2. The van der Waals surface area contributed by atoms with Gasteiger partial charge < -0.3 is 0 Å². The molecule has 1 N–H and O–H groups in total. The maximum absolute atomic E-state index is 6.08. The van der Waals surface area contributed by atoms with Gasteiger partial charge in [-0.2, -0.15) is 10.1 Å². The Morgan fingerprint density at radius 3 is 2.53 bits per heavy atom. The van der Waals surface area contributed by atoms with E-state index < -0.39 is 0 Å². The molecule has 78 valence electrons. The van der Waals surface area contributed by atoms with Crippen LogP contribution in [0.25, 0.3) is 5.70 Å². The summed E-state index contributed by atoms with van der Waals surface area (Å²) in [7, 11) is 0. The summed E-state index contributed by atoms with van der Waals surface area (Å²) in [6, 6.07) is 8.07. The molecule has 0 aromatic heterocycles. The third-order valence-electron chi connectivity index (χ3n) is 2.67. The maximum atomic E-state index is 6.08. The van der Waals surface area contributed by atoms with Crippen molar-refractivity contribution in [2.45, 2.75) is 13.8 Å². The fourth-order valence-electron chi connectivity index (χ4n) is 1.82. The molecule has 0 unspecified atom stereocenters. The van der Waals surface area contributed by atoms with E-state index in [4.69, 9.17) is 6.58 Å². The molecular formula is C12H16N3+. The van der Waals surface area contributed by atoms with E-state index in [9.17, 15) is 0 Å². The normalized spacial score (nSPS) is 14.3. The Kier molecular flexibility index (Phi) is 2.58. The van der Waals surface area contributed by atoms with Crippen LogP contribution in [0.2, 0.25) is 0 Å². The van der Waals surface area contributed by atoms with Gasteiger partial charge in [0.1, 0.15) is 0 Å². The summed E-state index contributed by atoms with van der Waals surface area (Å²) >= 11 is 0. The van der Waals surface area contributed by atoms with Crippen molar-refractivity contribution in [1.82, 2.24) is 10.1 Å². The molecule has 0 fully saturated rings. The van der Waals surface area contributed by atoms with Crippen LogP contribution >= 0.6 is 0 Å². The average molecular weight is 202 g/mol. The number of nitrogens with zero attached hydrogens (tertiary/aromatic N) is 2. The molecule has 1 aliphatic rings. The molecule has 1 aromatic rings. The Morgan fingerprint density at radius 1 is 1.27 bits per heavy atom. The minimum absolute atomic E-state index is 0.773. The lowest BCUT2D eigenvalue weighted by molar-refractivity contribution is 0.0755. The largest absolute Gasteiger partial charge is 0.299 e. The number of rotatable bonds is 3. The molecular weight excluding hydrogens is 186 g/mol. The quantitative estimate of drug-likeness (QED) is 0.759. The van der Waals surface area contributed by atoms with E-state index in [0.717, 1.165) is 30.0 Å². The van der Waals surface area contributed by atoms with E-state index in [0.29, 0.717) is 0 Å². The number of fused-ring (bicyclic) bond motifs is 1. The van der Waals surface area contributed by atoms with Crippen LogP contribution in [0.5, 0.6) is 0 Å². The fourth-order valence-corrected chi connectivity index (χ4v) is 1.82. The van der Waals surface area contributed by atoms with Crippen LogP contribution in [0.15, 0.2) is 24.3 Å². The summed E-state index contributed by atoms with van der Waals surface area (Å²) in [6.07, 6.45) is 0. The van der Waals surface area contributed by atoms with E-state index >= 15 is 0 Å². The van der Waals surface area contributed by atoms with Crippen molar-refractivity contribution in [1.29, 1.82) is 0 Å². The monoisotopic (exact) mass is 202 g/mol. The maximum Gasteiger partial charge on any atom is 0.299 e. The average Bonchev–Trinajstić information content (AvgIpc) is 2.60. The van der Waals surface area contributed by atoms with Crippen molar-refractivity contribution in [3.8, 4) is 0 Å². The molecule has 3 heteroatoms. The van der Waals surface area contributed by atoms with E-state index in [2.05, 4.69) is 24.3 Å². The highest BCUT2D eigenvalue weighted by Gasteiger charge is 2.33. The van der Waals surface area contributed by atoms with Crippen molar-refractivity contribution in [2.75, 3.05) is 18.5 Å². The van der Waals surface area contributed by atoms with Gasteiger partial charge in [0, 0.05) is 19.2 Å². The van der Waals surface area contributed by atoms with Gasteiger partial charge in [0.15, 0.2) is 11.3 Å². The molecule has 0 bridgehead atoms. The second-order valence-corrected chi connectivity index (χ2v) is 3.49. The van der Waals surface area contributed by atoms with Crippen molar-refractivity contribution in [3.63, 3.8) is 0 Å². The second kappa shape index (κ2) is 3.89. The Morgan fingerprint density at radius 2 is 1.93 bits per heavy atom. The van der Waals surface area contributed by atoms with Crippen molar-refractivity contribution in [3.05, 3.63) is 36.4 Å². The van der Waals surface area contributed by atoms with Crippen molar-refractivity contribution < 1.29 is 0 Å². The molecule has 0 saturated heterocycles. The first-order chi connectivity index (χ1) is 7.27.